The first-order valence-corrected chi connectivity index (χ1v) is 7.14. The molecule has 0 saturated heterocycles. The van der Waals surface area contributed by atoms with E-state index in [-0.39, 0.29) is 0 Å². The molecule has 0 bridgehead atoms. The number of nitrogen functional groups attached to an aromatic ring is 1. The van der Waals surface area contributed by atoms with Gasteiger partial charge in [0.1, 0.15) is 17.5 Å². The third-order valence-electron chi connectivity index (χ3n) is 4.46. The second-order valence-electron chi connectivity index (χ2n) is 6.61. The third kappa shape index (κ3) is 2.99. The van der Waals surface area contributed by atoms with Crippen LogP contribution < -0.4 is 10.6 Å². The minimum atomic E-state index is 0.493. The van der Waals surface area contributed by atoms with Crippen LogP contribution in [-0.2, 0) is 0 Å². The molecule has 2 N–H and O–H groups in total. The van der Waals surface area contributed by atoms with Gasteiger partial charge in [-0.15, -0.1) is 0 Å². The van der Waals surface area contributed by atoms with Crippen molar-refractivity contribution < 1.29 is 0 Å². The molecular weight excluding hydrogens is 236 g/mol. The molecule has 1 aliphatic carbocycles. The molecule has 0 amide bonds. The number of hydrogen-bond acceptors (Lipinski definition) is 4. The summed E-state index contributed by atoms with van der Waals surface area (Å²) in [6, 6.07) is 0.570. The highest BCUT2D eigenvalue weighted by Crippen LogP contribution is 2.38. The van der Waals surface area contributed by atoms with Gasteiger partial charge < -0.3 is 10.6 Å². The van der Waals surface area contributed by atoms with Gasteiger partial charge in [-0.1, -0.05) is 13.8 Å². The molecule has 0 unspecified atom stereocenters. The lowest BCUT2D eigenvalue weighted by molar-refractivity contribution is 0.222. The maximum Gasteiger partial charge on any atom is 0.137 e. The molecule has 0 spiro atoms. The van der Waals surface area contributed by atoms with Gasteiger partial charge in [0.15, 0.2) is 0 Å². The van der Waals surface area contributed by atoms with Crippen molar-refractivity contribution >= 4 is 11.6 Å². The average molecular weight is 262 g/mol. The predicted octanol–water partition coefficient (Wildman–Crippen LogP) is 3.08. The summed E-state index contributed by atoms with van der Waals surface area (Å²) < 4.78 is 0. The molecule has 0 atom stereocenters. The van der Waals surface area contributed by atoms with Gasteiger partial charge in [0, 0.05) is 18.7 Å². The Morgan fingerprint density at radius 3 is 2.32 bits per heavy atom. The summed E-state index contributed by atoms with van der Waals surface area (Å²) in [6.45, 7) is 8.63. The topological polar surface area (TPSA) is 55.0 Å². The van der Waals surface area contributed by atoms with E-state index in [2.05, 4.69) is 35.8 Å². The molecule has 4 nitrogen and oxygen atoms in total. The lowest BCUT2D eigenvalue weighted by atomic mass is 9.75. The Labute approximate surface area is 116 Å². The van der Waals surface area contributed by atoms with Gasteiger partial charge in [0.2, 0.25) is 0 Å². The van der Waals surface area contributed by atoms with Gasteiger partial charge in [-0.3, -0.25) is 0 Å². The number of nitrogens with zero attached hydrogens (tertiary/aromatic N) is 3. The standard InChI is InChI=1S/C15H26N4/c1-10-13(16)17-11(2)18-14(10)19(5)12-6-8-15(3,4)9-7-12/h12H,6-9H2,1-5H3,(H2,16,17,18). The Morgan fingerprint density at radius 1 is 1.16 bits per heavy atom. The Balaban J connectivity index is 2.19. The first-order chi connectivity index (χ1) is 8.80. The second kappa shape index (κ2) is 4.99. The highest BCUT2D eigenvalue weighted by atomic mass is 15.2. The van der Waals surface area contributed by atoms with E-state index in [9.17, 15) is 0 Å². The first-order valence-electron chi connectivity index (χ1n) is 7.14. The van der Waals surface area contributed by atoms with Gasteiger partial charge in [0.25, 0.3) is 0 Å². The number of anilines is 2. The van der Waals surface area contributed by atoms with E-state index in [4.69, 9.17) is 5.73 Å². The smallest absolute Gasteiger partial charge is 0.137 e. The van der Waals surface area contributed by atoms with Gasteiger partial charge in [-0.25, -0.2) is 9.97 Å². The normalized spacial score (nSPS) is 19.4. The van der Waals surface area contributed by atoms with E-state index in [1.54, 1.807) is 0 Å². The molecule has 1 heterocycles. The van der Waals surface area contributed by atoms with Crippen molar-refractivity contribution in [3.05, 3.63) is 11.4 Å². The Morgan fingerprint density at radius 2 is 1.74 bits per heavy atom. The van der Waals surface area contributed by atoms with Crippen molar-refractivity contribution in [3.63, 3.8) is 0 Å². The summed E-state index contributed by atoms with van der Waals surface area (Å²) in [6.07, 6.45) is 5.01. The van der Waals surface area contributed by atoms with Crippen LogP contribution in [0.5, 0.6) is 0 Å². The second-order valence-corrected chi connectivity index (χ2v) is 6.61. The van der Waals surface area contributed by atoms with Crippen LogP contribution in [0.1, 0.15) is 50.9 Å². The van der Waals surface area contributed by atoms with E-state index in [0.29, 0.717) is 17.3 Å². The lowest BCUT2D eigenvalue weighted by Gasteiger charge is -2.39. The van der Waals surface area contributed by atoms with E-state index in [1.807, 2.05) is 13.8 Å². The minimum absolute atomic E-state index is 0.493. The van der Waals surface area contributed by atoms with E-state index in [1.165, 1.54) is 25.7 Å². The Kier molecular flexibility index (Phi) is 3.70. The molecule has 0 aliphatic heterocycles. The zero-order chi connectivity index (χ0) is 14.2. The summed E-state index contributed by atoms with van der Waals surface area (Å²) in [4.78, 5) is 11.1. The first kappa shape index (κ1) is 14.1. The van der Waals surface area contributed by atoms with Crippen LogP contribution in [0.2, 0.25) is 0 Å². The monoisotopic (exact) mass is 262 g/mol. The zero-order valence-corrected chi connectivity index (χ0v) is 12.8. The molecule has 1 saturated carbocycles. The van der Waals surface area contributed by atoms with Crippen LogP contribution in [0.15, 0.2) is 0 Å². The average Bonchev–Trinajstić information content (AvgIpc) is 2.33. The number of aryl methyl sites for hydroxylation is 1. The molecule has 4 heteroatoms. The van der Waals surface area contributed by atoms with Crippen molar-refractivity contribution in [3.8, 4) is 0 Å². The molecule has 1 fully saturated rings. The third-order valence-corrected chi connectivity index (χ3v) is 4.46. The Hall–Kier alpha value is -1.32. The summed E-state index contributed by atoms with van der Waals surface area (Å²) >= 11 is 0. The number of hydrogen-bond donors (Lipinski definition) is 1. The fraction of sp³-hybridized carbons (Fsp3) is 0.733. The summed E-state index contributed by atoms with van der Waals surface area (Å²) in [5, 5.41) is 0. The quantitative estimate of drug-likeness (QED) is 0.890. The van der Waals surface area contributed by atoms with Crippen molar-refractivity contribution in [2.45, 2.75) is 59.4 Å². The minimum Gasteiger partial charge on any atom is -0.383 e. The molecule has 1 aromatic heterocycles. The maximum atomic E-state index is 5.95. The number of rotatable bonds is 2. The van der Waals surface area contributed by atoms with E-state index < -0.39 is 0 Å². The summed E-state index contributed by atoms with van der Waals surface area (Å²) in [5.41, 5.74) is 7.45. The molecule has 1 aromatic rings. The van der Waals surface area contributed by atoms with Gasteiger partial charge in [-0.05, 0) is 44.9 Å². The summed E-state index contributed by atoms with van der Waals surface area (Å²) in [7, 11) is 2.14. The molecule has 1 aliphatic rings. The number of aromatic nitrogens is 2. The van der Waals surface area contributed by atoms with E-state index in [0.717, 1.165) is 17.2 Å². The maximum absolute atomic E-state index is 5.95. The highest BCUT2D eigenvalue weighted by molar-refractivity contribution is 5.56. The van der Waals surface area contributed by atoms with Crippen molar-refractivity contribution in [1.29, 1.82) is 0 Å². The molecule has 0 aromatic carbocycles. The fourth-order valence-electron chi connectivity index (χ4n) is 2.92. The molecule has 19 heavy (non-hydrogen) atoms. The van der Waals surface area contributed by atoms with Crippen LogP contribution in [-0.4, -0.2) is 23.1 Å². The predicted molar refractivity (Wildman–Crippen MR) is 80.4 cm³/mol. The van der Waals surface area contributed by atoms with Crippen LogP contribution >= 0.6 is 0 Å². The fourth-order valence-corrected chi connectivity index (χ4v) is 2.92. The van der Waals surface area contributed by atoms with Crippen molar-refractivity contribution in [2.75, 3.05) is 17.7 Å². The highest BCUT2D eigenvalue weighted by Gasteiger charge is 2.30. The van der Waals surface area contributed by atoms with E-state index >= 15 is 0 Å². The van der Waals surface area contributed by atoms with Crippen LogP contribution in [0.3, 0.4) is 0 Å². The van der Waals surface area contributed by atoms with Crippen LogP contribution in [0.25, 0.3) is 0 Å². The number of nitrogens with two attached hydrogens (primary N) is 1. The van der Waals surface area contributed by atoms with Gasteiger partial charge >= 0.3 is 0 Å². The molecule has 2 rings (SSSR count). The van der Waals surface area contributed by atoms with Crippen LogP contribution in [0.4, 0.5) is 11.6 Å². The zero-order valence-electron chi connectivity index (χ0n) is 12.8. The van der Waals surface area contributed by atoms with Crippen molar-refractivity contribution in [2.24, 2.45) is 5.41 Å². The SMILES string of the molecule is Cc1nc(N)c(C)c(N(C)C2CCC(C)(C)CC2)n1. The van der Waals surface area contributed by atoms with Gasteiger partial charge in [-0.2, -0.15) is 0 Å². The summed E-state index contributed by atoms with van der Waals surface area (Å²) in [5.74, 6) is 2.35. The molecular formula is C15H26N4. The van der Waals surface area contributed by atoms with Gasteiger partial charge in [0.05, 0.1) is 0 Å². The lowest BCUT2D eigenvalue weighted by Crippen LogP contribution is -2.38. The van der Waals surface area contributed by atoms with Crippen LogP contribution in [0, 0.1) is 19.3 Å². The van der Waals surface area contributed by atoms with Crippen molar-refractivity contribution in [1.82, 2.24) is 9.97 Å². The molecule has 106 valence electrons. The Bertz CT molecular complexity index is 457. The largest absolute Gasteiger partial charge is 0.383 e. The molecule has 0 radical (unpaired) electrons.